The van der Waals surface area contributed by atoms with Crippen molar-refractivity contribution in [3.8, 4) is 0 Å². The van der Waals surface area contributed by atoms with Crippen LogP contribution in [-0.2, 0) is 13.6 Å². The number of nitrogens with one attached hydrogen (secondary N) is 1. The third-order valence-corrected chi connectivity index (χ3v) is 6.21. The molecule has 1 N–H and O–H groups in total. The summed E-state index contributed by atoms with van der Waals surface area (Å²) in [5.41, 5.74) is 3.57. The molecule has 5 rings (SSSR count). The molecule has 1 aliphatic carbocycles. The van der Waals surface area contributed by atoms with Crippen molar-refractivity contribution in [3.63, 3.8) is 0 Å². The van der Waals surface area contributed by atoms with E-state index in [4.69, 9.17) is 0 Å². The highest BCUT2D eigenvalue weighted by atomic mass is 15.4. The second-order valence-corrected chi connectivity index (χ2v) is 7.82. The first-order valence-corrected chi connectivity index (χ1v) is 9.66. The summed E-state index contributed by atoms with van der Waals surface area (Å²) in [5.74, 6) is 1.82. The molecule has 2 atom stereocenters. The topological polar surface area (TPSA) is 53.0 Å². The minimum atomic E-state index is 0.606. The molecule has 1 aliphatic heterocycles. The van der Waals surface area contributed by atoms with E-state index < -0.39 is 0 Å². The van der Waals surface area contributed by atoms with E-state index in [9.17, 15) is 0 Å². The van der Waals surface area contributed by atoms with Gasteiger partial charge in [-0.05, 0) is 24.8 Å². The van der Waals surface area contributed by atoms with Crippen LogP contribution in [0.5, 0.6) is 0 Å². The Labute approximate surface area is 153 Å². The quantitative estimate of drug-likeness (QED) is 0.783. The first kappa shape index (κ1) is 15.7. The molecule has 3 aromatic rings. The van der Waals surface area contributed by atoms with Crippen molar-refractivity contribution in [2.75, 3.05) is 16.5 Å². The lowest BCUT2D eigenvalue weighted by Gasteiger charge is -2.38. The zero-order chi connectivity index (χ0) is 17.7. The van der Waals surface area contributed by atoms with Crippen LogP contribution < -0.4 is 9.80 Å². The van der Waals surface area contributed by atoms with Crippen molar-refractivity contribution < 1.29 is 0 Å². The highest BCUT2D eigenvalue weighted by Crippen LogP contribution is 2.45. The molecular formula is C20H26N6. The summed E-state index contributed by atoms with van der Waals surface area (Å²) in [4.78, 5) is 17.5. The SMILES string of the molecule is C[C@@H]1CCCC[C@@H]1N1CN(Cc2nccn2C)c2cnc3[nH]ccc3c21. The fourth-order valence-electron chi connectivity index (χ4n) is 4.73. The molecule has 136 valence electrons. The highest BCUT2D eigenvalue weighted by molar-refractivity contribution is 5.99. The summed E-state index contributed by atoms with van der Waals surface area (Å²) in [6.45, 7) is 4.15. The van der Waals surface area contributed by atoms with Gasteiger partial charge in [0.25, 0.3) is 0 Å². The third-order valence-electron chi connectivity index (χ3n) is 6.21. The fraction of sp³-hybridized carbons (Fsp3) is 0.500. The number of hydrogen-bond acceptors (Lipinski definition) is 4. The minimum absolute atomic E-state index is 0.606. The van der Waals surface area contributed by atoms with Crippen LogP contribution in [0.25, 0.3) is 11.0 Å². The van der Waals surface area contributed by atoms with Crippen LogP contribution in [0.15, 0.2) is 30.9 Å². The zero-order valence-corrected chi connectivity index (χ0v) is 15.5. The van der Waals surface area contributed by atoms with Crippen molar-refractivity contribution in [2.24, 2.45) is 13.0 Å². The van der Waals surface area contributed by atoms with Crippen molar-refractivity contribution in [2.45, 2.75) is 45.2 Å². The van der Waals surface area contributed by atoms with Crippen LogP contribution in [0.4, 0.5) is 11.4 Å². The summed E-state index contributed by atoms with van der Waals surface area (Å²) in [5, 5.41) is 1.24. The van der Waals surface area contributed by atoms with E-state index >= 15 is 0 Å². The van der Waals surface area contributed by atoms with E-state index in [1.54, 1.807) is 0 Å². The number of pyridine rings is 1. The van der Waals surface area contributed by atoms with Crippen molar-refractivity contribution in [1.29, 1.82) is 0 Å². The van der Waals surface area contributed by atoms with Gasteiger partial charge in [-0.3, -0.25) is 0 Å². The van der Waals surface area contributed by atoms with Gasteiger partial charge in [-0.1, -0.05) is 19.8 Å². The molecule has 6 nitrogen and oxygen atoms in total. The van der Waals surface area contributed by atoms with Gasteiger partial charge in [-0.15, -0.1) is 0 Å². The van der Waals surface area contributed by atoms with Crippen LogP contribution >= 0.6 is 0 Å². The molecule has 26 heavy (non-hydrogen) atoms. The van der Waals surface area contributed by atoms with E-state index in [0.29, 0.717) is 6.04 Å². The fourth-order valence-corrected chi connectivity index (χ4v) is 4.73. The lowest BCUT2D eigenvalue weighted by molar-refractivity contribution is 0.316. The number of aromatic amines is 1. The van der Waals surface area contributed by atoms with Gasteiger partial charge >= 0.3 is 0 Å². The number of nitrogens with zero attached hydrogens (tertiary/aromatic N) is 5. The normalized spacial score (nSPS) is 23.0. The zero-order valence-electron chi connectivity index (χ0n) is 15.5. The van der Waals surface area contributed by atoms with E-state index in [0.717, 1.165) is 30.6 Å². The van der Waals surface area contributed by atoms with Gasteiger partial charge in [0.2, 0.25) is 0 Å². The number of aromatic nitrogens is 4. The lowest BCUT2D eigenvalue weighted by Crippen LogP contribution is -2.43. The Balaban J connectivity index is 1.58. The molecule has 1 fully saturated rings. The van der Waals surface area contributed by atoms with Gasteiger partial charge in [0, 0.05) is 37.1 Å². The van der Waals surface area contributed by atoms with E-state index in [-0.39, 0.29) is 0 Å². The Morgan fingerprint density at radius 3 is 2.92 bits per heavy atom. The molecule has 1 saturated carbocycles. The van der Waals surface area contributed by atoms with Crippen LogP contribution in [0.1, 0.15) is 38.4 Å². The van der Waals surface area contributed by atoms with Gasteiger partial charge in [0.05, 0.1) is 30.8 Å². The van der Waals surface area contributed by atoms with Crippen LogP contribution in [0, 0.1) is 5.92 Å². The molecule has 0 aromatic carbocycles. The number of rotatable bonds is 3. The number of aryl methyl sites for hydroxylation is 1. The number of imidazole rings is 1. The largest absolute Gasteiger partial charge is 0.348 e. The Hall–Kier alpha value is -2.50. The smallest absolute Gasteiger partial charge is 0.139 e. The second-order valence-electron chi connectivity index (χ2n) is 7.82. The maximum Gasteiger partial charge on any atom is 0.139 e. The first-order chi connectivity index (χ1) is 12.7. The maximum absolute atomic E-state index is 4.66. The Morgan fingerprint density at radius 2 is 2.12 bits per heavy atom. The van der Waals surface area contributed by atoms with E-state index in [1.807, 2.05) is 24.8 Å². The Kier molecular flexibility index (Phi) is 3.65. The summed E-state index contributed by atoms with van der Waals surface area (Å²) in [7, 11) is 2.06. The van der Waals surface area contributed by atoms with Crippen molar-refractivity contribution in [3.05, 3.63) is 36.7 Å². The van der Waals surface area contributed by atoms with E-state index in [2.05, 4.69) is 49.4 Å². The Bertz CT molecular complexity index is 925. The molecular weight excluding hydrogens is 324 g/mol. The van der Waals surface area contributed by atoms with Crippen LogP contribution in [0.3, 0.4) is 0 Å². The number of hydrogen-bond donors (Lipinski definition) is 1. The monoisotopic (exact) mass is 350 g/mol. The van der Waals surface area contributed by atoms with Gasteiger partial charge in [-0.25, -0.2) is 9.97 Å². The first-order valence-electron chi connectivity index (χ1n) is 9.66. The van der Waals surface area contributed by atoms with Gasteiger partial charge in [-0.2, -0.15) is 0 Å². The molecule has 0 saturated heterocycles. The van der Waals surface area contributed by atoms with Gasteiger partial charge in [0.1, 0.15) is 11.5 Å². The highest BCUT2D eigenvalue weighted by Gasteiger charge is 2.36. The third kappa shape index (κ3) is 2.39. The molecule has 0 bridgehead atoms. The second kappa shape index (κ2) is 6.04. The lowest BCUT2D eigenvalue weighted by atomic mass is 9.85. The summed E-state index contributed by atoms with van der Waals surface area (Å²) in [6, 6.07) is 2.78. The summed E-state index contributed by atoms with van der Waals surface area (Å²) in [6.07, 6.45) is 13.2. The molecule has 0 radical (unpaired) electrons. The van der Waals surface area contributed by atoms with Crippen molar-refractivity contribution >= 4 is 22.4 Å². The molecule has 0 spiro atoms. The average Bonchev–Trinajstić information content (AvgIpc) is 3.35. The molecule has 0 amide bonds. The molecule has 4 heterocycles. The van der Waals surface area contributed by atoms with Gasteiger partial charge in [0.15, 0.2) is 0 Å². The van der Waals surface area contributed by atoms with Gasteiger partial charge < -0.3 is 19.4 Å². The molecule has 0 unspecified atom stereocenters. The minimum Gasteiger partial charge on any atom is -0.348 e. The number of anilines is 2. The summed E-state index contributed by atoms with van der Waals surface area (Å²) < 4.78 is 2.10. The predicted octanol–water partition coefficient (Wildman–Crippen LogP) is 3.66. The number of H-pyrrole nitrogens is 1. The van der Waals surface area contributed by atoms with Crippen LogP contribution in [-0.4, -0.2) is 32.2 Å². The summed E-state index contributed by atoms with van der Waals surface area (Å²) >= 11 is 0. The molecule has 3 aromatic heterocycles. The van der Waals surface area contributed by atoms with E-state index in [1.165, 1.54) is 42.4 Å². The molecule has 2 aliphatic rings. The average molecular weight is 350 g/mol. The standard InChI is InChI=1S/C20H26N6/c1-14-5-3-4-6-16(14)26-13-25(12-18-21-9-10-24(18)2)17-11-23-20-15(19(17)26)7-8-22-20/h7-11,14,16H,3-6,12-13H2,1-2H3,(H,22,23)/t14-,16+/m1/s1. The molecule has 6 heteroatoms. The number of fused-ring (bicyclic) bond motifs is 3. The maximum atomic E-state index is 4.66. The Morgan fingerprint density at radius 1 is 1.23 bits per heavy atom. The van der Waals surface area contributed by atoms with Crippen LogP contribution in [0.2, 0.25) is 0 Å². The predicted molar refractivity (Wildman–Crippen MR) is 104 cm³/mol. The van der Waals surface area contributed by atoms with Crippen molar-refractivity contribution in [1.82, 2.24) is 19.5 Å².